The van der Waals surface area contributed by atoms with Gasteiger partial charge in [0.2, 0.25) is 0 Å². The van der Waals surface area contributed by atoms with E-state index in [1.54, 1.807) is 0 Å². The summed E-state index contributed by atoms with van der Waals surface area (Å²) in [6.07, 6.45) is 77.0. The Balaban J connectivity index is 3.94. The van der Waals surface area contributed by atoms with E-state index in [9.17, 15) is 14.4 Å². The lowest BCUT2D eigenvalue weighted by atomic mass is 10.0. The van der Waals surface area contributed by atoms with Crippen LogP contribution < -0.4 is 0 Å². The van der Waals surface area contributed by atoms with Gasteiger partial charge in [0.05, 0.1) is 0 Å². The minimum atomic E-state index is -0.769. The van der Waals surface area contributed by atoms with Crippen LogP contribution in [0.3, 0.4) is 0 Å². The molecule has 6 nitrogen and oxygen atoms in total. The number of allylic oxidation sites excluding steroid dienone is 2. The molecule has 0 aromatic heterocycles. The molecule has 0 aliphatic carbocycles. The smallest absolute Gasteiger partial charge is 0.306 e. The SMILES string of the molecule is CCCCC/C=C\CCCCCCCC(=O)OC(COC(=O)CCCCCCCCCCCCC)COC(=O)CCCCCCCCCCCCCCCCCCCCCCCCCCCCCCCCCCCC. The molecule has 75 heavy (non-hydrogen) atoms. The summed E-state index contributed by atoms with van der Waals surface area (Å²) in [6, 6.07) is 0. The Labute approximate surface area is 469 Å². The van der Waals surface area contributed by atoms with Crippen LogP contribution in [-0.4, -0.2) is 37.2 Å². The van der Waals surface area contributed by atoms with Crippen LogP contribution >= 0.6 is 0 Å². The number of hydrogen-bond acceptors (Lipinski definition) is 6. The molecular weight excluding hydrogens is 925 g/mol. The number of rotatable bonds is 64. The fraction of sp³-hybridized carbons (Fsp3) is 0.928. The van der Waals surface area contributed by atoms with Gasteiger partial charge in [-0.25, -0.2) is 0 Å². The van der Waals surface area contributed by atoms with Crippen molar-refractivity contribution in [3.8, 4) is 0 Å². The van der Waals surface area contributed by atoms with Gasteiger partial charge in [0.1, 0.15) is 13.2 Å². The maximum Gasteiger partial charge on any atom is 0.306 e. The van der Waals surface area contributed by atoms with E-state index >= 15 is 0 Å². The van der Waals surface area contributed by atoms with Gasteiger partial charge in [-0.3, -0.25) is 14.4 Å². The van der Waals surface area contributed by atoms with Crippen molar-refractivity contribution < 1.29 is 28.6 Å². The molecule has 0 spiro atoms. The average molecular weight is 1060 g/mol. The van der Waals surface area contributed by atoms with Gasteiger partial charge in [0.25, 0.3) is 0 Å². The van der Waals surface area contributed by atoms with Crippen molar-refractivity contribution in [2.45, 2.75) is 399 Å². The summed E-state index contributed by atoms with van der Waals surface area (Å²) < 4.78 is 16.9. The summed E-state index contributed by atoms with van der Waals surface area (Å²) in [5.74, 6) is -0.852. The van der Waals surface area contributed by atoms with Crippen LogP contribution in [0.1, 0.15) is 393 Å². The Morgan fingerprint density at radius 3 is 0.693 bits per heavy atom. The maximum absolute atomic E-state index is 12.8. The van der Waals surface area contributed by atoms with Gasteiger partial charge in [-0.05, 0) is 44.9 Å². The van der Waals surface area contributed by atoms with E-state index in [0.717, 1.165) is 64.2 Å². The molecule has 6 heteroatoms. The highest BCUT2D eigenvalue weighted by molar-refractivity contribution is 5.71. The third kappa shape index (κ3) is 62.9. The molecule has 0 aromatic rings. The van der Waals surface area contributed by atoms with Gasteiger partial charge in [0, 0.05) is 19.3 Å². The Kier molecular flexibility index (Phi) is 63.1. The zero-order valence-electron chi connectivity index (χ0n) is 51.1. The quantitative estimate of drug-likeness (QED) is 0.0261. The molecule has 0 bridgehead atoms. The predicted molar refractivity (Wildman–Crippen MR) is 326 cm³/mol. The molecule has 0 saturated heterocycles. The lowest BCUT2D eigenvalue weighted by molar-refractivity contribution is -0.167. The van der Waals surface area contributed by atoms with E-state index in [2.05, 4.69) is 32.9 Å². The Hall–Kier alpha value is -1.85. The minimum Gasteiger partial charge on any atom is -0.462 e. The molecule has 0 fully saturated rings. The van der Waals surface area contributed by atoms with Crippen molar-refractivity contribution in [1.29, 1.82) is 0 Å². The molecule has 1 atom stereocenters. The van der Waals surface area contributed by atoms with Gasteiger partial charge in [0.15, 0.2) is 6.10 Å². The fourth-order valence-corrected chi connectivity index (χ4v) is 10.6. The average Bonchev–Trinajstić information content (AvgIpc) is 3.41. The zero-order valence-corrected chi connectivity index (χ0v) is 51.1. The lowest BCUT2D eigenvalue weighted by Crippen LogP contribution is -2.30. The van der Waals surface area contributed by atoms with Crippen LogP contribution in [0.5, 0.6) is 0 Å². The van der Waals surface area contributed by atoms with E-state index < -0.39 is 6.10 Å². The van der Waals surface area contributed by atoms with E-state index in [0.29, 0.717) is 19.3 Å². The van der Waals surface area contributed by atoms with Gasteiger partial charge >= 0.3 is 17.9 Å². The normalized spacial score (nSPS) is 12.0. The third-order valence-electron chi connectivity index (χ3n) is 15.8. The molecular formula is C69H132O6. The summed E-state index contributed by atoms with van der Waals surface area (Å²) in [4.78, 5) is 38.1. The summed E-state index contributed by atoms with van der Waals surface area (Å²) in [5, 5.41) is 0. The fourth-order valence-electron chi connectivity index (χ4n) is 10.6. The van der Waals surface area contributed by atoms with Crippen molar-refractivity contribution in [2.75, 3.05) is 13.2 Å². The highest BCUT2D eigenvalue weighted by Crippen LogP contribution is 2.19. The number of hydrogen-bond donors (Lipinski definition) is 0. The summed E-state index contributed by atoms with van der Waals surface area (Å²) in [7, 11) is 0. The van der Waals surface area contributed by atoms with Crippen molar-refractivity contribution in [1.82, 2.24) is 0 Å². The molecule has 1 unspecified atom stereocenters. The molecule has 0 aliphatic heterocycles. The van der Waals surface area contributed by atoms with E-state index in [-0.39, 0.29) is 31.1 Å². The molecule has 0 aromatic carbocycles. The molecule has 0 heterocycles. The van der Waals surface area contributed by atoms with Gasteiger partial charge in [-0.2, -0.15) is 0 Å². The van der Waals surface area contributed by atoms with Crippen molar-refractivity contribution in [2.24, 2.45) is 0 Å². The third-order valence-corrected chi connectivity index (χ3v) is 15.8. The van der Waals surface area contributed by atoms with E-state index in [1.807, 2.05) is 0 Å². The topological polar surface area (TPSA) is 78.9 Å². The first-order valence-electron chi connectivity index (χ1n) is 34.2. The largest absolute Gasteiger partial charge is 0.462 e. The first kappa shape index (κ1) is 73.2. The lowest BCUT2D eigenvalue weighted by Gasteiger charge is -2.18. The number of unbranched alkanes of at least 4 members (excludes halogenated alkanes) is 51. The molecule has 0 aliphatic rings. The van der Waals surface area contributed by atoms with E-state index in [1.165, 1.54) is 289 Å². The molecule has 0 rings (SSSR count). The van der Waals surface area contributed by atoms with Crippen molar-refractivity contribution in [3.63, 3.8) is 0 Å². The zero-order chi connectivity index (χ0) is 54.3. The number of esters is 3. The van der Waals surface area contributed by atoms with Crippen molar-refractivity contribution in [3.05, 3.63) is 12.2 Å². The molecule has 0 saturated carbocycles. The highest BCUT2D eigenvalue weighted by Gasteiger charge is 2.19. The Bertz CT molecular complexity index is 1170. The Morgan fingerprint density at radius 1 is 0.253 bits per heavy atom. The maximum atomic E-state index is 12.8. The second-order valence-electron chi connectivity index (χ2n) is 23.5. The van der Waals surface area contributed by atoms with Gasteiger partial charge in [-0.15, -0.1) is 0 Å². The molecule has 0 N–H and O–H groups in total. The van der Waals surface area contributed by atoms with Crippen LogP contribution in [0.15, 0.2) is 12.2 Å². The van der Waals surface area contributed by atoms with Crippen LogP contribution in [-0.2, 0) is 28.6 Å². The molecule has 0 radical (unpaired) electrons. The van der Waals surface area contributed by atoms with Crippen molar-refractivity contribution >= 4 is 17.9 Å². The minimum absolute atomic E-state index is 0.0675. The van der Waals surface area contributed by atoms with Crippen LogP contribution in [0.2, 0.25) is 0 Å². The second kappa shape index (κ2) is 64.7. The number of ether oxygens (including phenoxy) is 3. The van der Waals surface area contributed by atoms with Gasteiger partial charge < -0.3 is 14.2 Å². The van der Waals surface area contributed by atoms with Crippen LogP contribution in [0.25, 0.3) is 0 Å². The standard InChI is InChI=1S/C69H132O6/c1-4-7-10-13-16-19-22-24-25-26-27-28-29-30-31-32-33-34-35-36-37-38-39-40-41-42-43-44-45-48-50-53-56-59-62-68(71)74-65-66(64-73-67(70)61-58-55-52-49-46-21-18-15-12-9-6-3)75-69(72)63-60-57-54-51-47-23-20-17-14-11-8-5-2/h17,20,66H,4-16,18-19,21-65H2,1-3H3/b20-17-. The monoisotopic (exact) mass is 1060 g/mol. The van der Waals surface area contributed by atoms with E-state index in [4.69, 9.17) is 14.2 Å². The molecule has 444 valence electrons. The summed E-state index contributed by atoms with van der Waals surface area (Å²) >= 11 is 0. The first-order valence-corrected chi connectivity index (χ1v) is 34.2. The number of carbonyl (C=O) groups is 3. The highest BCUT2D eigenvalue weighted by atomic mass is 16.6. The first-order chi connectivity index (χ1) is 37.0. The van der Waals surface area contributed by atoms with Gasteiger partial charge in [-0.1, -0.05) is 341 Å². The van der Waals surface area contributed by atoms with Crippen LogP contribution in [0.4, 0.5) is 0 Å². The number of carbonyl (C=O) groups excluding carboxylic acids is 3. The summed E-state index contributed by atoms with van der Waals surface area (Å²) in [5.41, 5.74) is 0. The Morgan fingerprint density at radius 2 is 0.440 bits per heavy atom. The predicted octanol–water partition coefficient (Wildman–Crippen LogP) is 23.2. The molecule has 0 amide bonds. The van der Waals surface area contributed by atoms with Crippen LogP contribution in [0, 0.1) is 0 Å². The second-order valence-corrected chi connectivity index (χ2v) is 23.5. The summed E-state index contributed by atoms with van der Waals surface area (Å²) in [6.45, 7) is 6.67.